The van der Waals surface area contributed by atoms with Crippen LogP contribution in [-0.2, 0) is 26.2 Å². The number of ketones is 1. The number of hydrogen-bond acceptors (Lipinski definition) is 5. The van der Waals surface area contributed by atoms with Crippen LogP contribution in [0.1, 0.15) is 62.0 Å². The second kappa shape index (κ2) is 10.2. The van der Waals surface area contributed by atoms with Crippen LogP contribution in [0.2, 0.25) is 0 Å². The molecule has 1 saturated carbocycles. The number of Topliss-reactive ketones (excluding diaryl/α,β-unsaturated/α-hetero) is 1. The van der Waals surface area contributed by atoms with E-state index in [9.17, 15) is 9.59 Å². The molecule has 1 amide bonds. The molecule has 31 heavy (non-hydrogen) atoms. The zero-order chi connectivity index (χ0) is 22.6. The van der Waals surface area contributed by atoms with Crippen molar-refractivity contribution in [1.82, 2.24) is 10.2 Å². The molecular weight excluding hydrogens is 392 g/mol. The van der Waals surface area contributed by atoms with Crippen molar-refractivity contribution in [2.24, 2.45) is 11.8 Å². The van der Waals surface area contributed by atoms with Crippen LogP contribution in [0, 0.1) is 11.8 Å². The van der Waals surface area contributed by atoms with Crippen molar-refractivity contribution in [3.05, 3.63) is 34.9 Å². The number of benzene rings is 1. The number of carbonyl (C=O) groups excluding carboxylic acids is 2. The Bertz CT molecular complexity index is 788. The fourth-order valence-electron chi connectivity index (χ4n) is 4.59. The van der Waals surface area contributed by atoms with E-state index in [1.807, 2.05) is 12.1 Å². The lowest BCUT2D eigenvalue weighted by Gasteiger charge is -2.47. The molecule has 6 nitrogen and oxygen atoms in total. The Morgan fingerprint density at radius 3 is 2.65 bits per heavy atom. The number of carbonyl (C=O) groups is 2. The van der Waals surface area contributed by atoms with Gasteiger partial charge in [0.25, 0.3) is 0 Å². The van der Waals surface area contributed by atoms with Crippen LogP contribution in [0.5, 0.6) is 0 Å². The maximum absolute atomic E-state index is 13.5. The van der Waals surface area contributed by atoms with Gasteiger partial charge in [0, 0.05) is 25.8 Å². The number of nitrogens with one attached hydrogen (secondary N) is 1. The van der Waals surface area contributed by atoms with Gasteiger partial charge in [0.1, 0.15) is 6.61 Å². The van der Waals surface area contributed by atoms with Gasteiger partial charge in [-0.15, -0.1) is 0 Å². The van der Waals surface area contributed by atoms with Gasteiger partial charge in [-0.1, -0.05) is 45.9 Å². The Hall–Kier alpha value is -1.76. The van der Waals surface area contributed by atoms with Gasteiger partial charge in [-0.25, -0.2) is 0 Å². The molecule has 6 heteroatoms. The first-order valence-electron chi connectivity index (χ1n) is 11.5. The standard InChI is InChI=1S/C25H38N2O4/c1-6-27(15-18-7-8-18)23-17(2)25(3,4)21-13-19(9-10-20(21)24(23)29)14-26-22(28)16-31-12-11-30-5/h9-10,13,17-18,23H,6-8,11-12,14-16H2,1-5H3,(H,26,28)/t17-,23?/m0/s1. The smallest absolute Gasteiger partial charge is 0.246 e. The molecule has 2 atom stereocenters. The summed E-state index contributed by atoms with van der Waals surface area (Å²) < 4.78 is 10.2. The molecule has 1 N–H and O–H groups in total. The van der Waals surface area contributed by atoms with Gasteiger partial charge in [0.05, 0.1) is 19.3 Å². The number of amides is 1. The van der Waals surface area contributed by atoms with E-state index < -0.39 is 0 Å². The van der Waals surface area contributed by atoms with Crippen molar-refractivity contribution in [3.8, 4) is 0 Å². The molecule has 2 aliphatic carbocycles. The van der Waals surface area contributed by atoms with Crippen LogP contribution in [0.15, 0.2) is 18.2 Å². The Kier molecular flexibility index (Phi) is 7.89. The van der Waals surface area contributed by atoms with Gasteiger partial charge in [-0.3, -0.25) is 14.5 Å². The van der Waals surface area contributed by atoms with Gasteiger partial charge < -0.3 is 14.8 Å². The van der Waals surface area contributed by atoms with Crippen molar-refractivity contribution < 1.29 is 19.1 Å². The van der Waals surface area contributed by atoms with Gasteiger partial charge in [-0.2, -0.15) is 0 Å². The van der Waals surface area contributed by atoms with E-state index in [4.69, 9.17) is 9.47 Å². The summed E-state index contributed by atoms with van der Waals surface area (Å²) in [6, 6.07) is 5.95. The lowest BCUT2D eigenvalue weighted by molar-refractivity contribution is -0.126. The zero-order valence-electron chi connectivity index (χ0n) is 19.7. The average molecular weight is 431 g/mol. The normalized spacial score (nSPS) is 22.5. The second-order valence-electron chi connectivity index (χ2n) is 9.55. The number of fused-ring (bicyclic) bond motifs is 1. The van der Waals surface area contributed by atoms with Crippen molar-refractivity contribution in [3.63, 3.8) is 0 Å². The molecule has 0 bridgehead atoms. The minimum Gasteiger partial charge on any atom is -0.382 e. The third-order valence-electron chi connectivity index (χ3n) is 7.07. The summed E-state index contributed by atoms with van der Waals surface area (Å²) in [4.78, 5) is 27.9. The first kappa shape index (κ1) is 23.9. The molecule has 0 saturated heterocycles. The molecule has 0 aromatic heterocycles. The summed E-state index contributed by atoms with van der Waals surface area (Å²) in [5.74, 6) is 1.06. The fourth-order valence-corrected chi connectivity index (χ4v) is 4.59. The number of hydrogen-bond donors (Lipinski definition) is 1. The summed E-state index contributed by atoms with van der Waals surface area (Å²) >= 11 is 0. The largest absolute Gasteiger partial charge is 0.382 e. The topological polar surface area (TPSA) is 67.9 Å². The van der Waals surface area contributed by atoms with Crippen molar-refractivity contribution >= 4 is 11.7 Å². The van der Waals surface area contributed by atoms with Gasteiger partial charge in [0.2, 0.25) is 5.91 Å². The monoisotopic (exact) mass is 430 g/mol. The summed E-state index contributed by atoms with van der Waals surface area (Å²) in [6.45, 7) is 12.1. The summed E-state index contributed by atoms with van der Waals surface area (Å²) in [6.07, 6.45) is 2.58. The second-order valence-corrected chi connectivity index (χ2v) is 9.55. The molecule has 1 fully saturated rings. The highest BCUT2D eigenvalue weighted by Crippen LogP contribution is 2.44. The van der Waals surface area contributed by atoms with Crippen LogP contribution in [0.25, 0.3) is 0 Å². The van der Waals surface area contributed by atoms with Crippen molar-refractivity contribution in [2.75, 3.05) is 40.0 Å². The molecule has 1 aromatic rings. The van der Waals surface area contributed by atoms with E-state index in [0.29, 0.717) is 19.8 Å². The number of likely N-dealkylation sites (N-methyl/N-ethyl adjacent to an activating group) is 1. The average Bonchev–Trinajstić information content (AvgIpc) is 3.57. The maximum Gasteiger partial charge on any atom is 0.246 e. The molecule has 0 spiro atoms. The summed E-state index contributed by atoms with van der Waals surface area (Å²) in [7, 11) is 1.60. The quantitative estimate of drug-likeness (QED) is 0.546. The van der Waals surface area contributed by atoms with Gasteiger partial charge >= 0.3 is 0 Å². The predicted octanol–water partition coefficient (Wildman–Crippen LogP) is 3.18. The Labute approximate surface area is 186 Å². The first-order valence-corrected chi connectivity index (χ1v) is 11.5. The van der Waals surface area contributed by atoms with E-state index in [-0.39, 0.29) is 35.7 Å². The molecule has 0 radical (unpaired) electrons. The molecule has 0 aliphatic heterocycles. The molecule has 1 aromatic carbocycles. The highest BCUT2D eigenvalue weighted by molar-refractivity contribution is 6.03. The number of rotatable bonds is 11. The molecule has 2 aliphatic rings. The van der Waals surface area contributed by atoms with Gasteiger partial charge in [0.15, 0.2) is 5.78 Å². The molecule has 1 unspecified atom stereocenters. The van der Waals surface area contributed by atoms with Crippen LogP contribution in [0.4, 0.5) is 0 Å². The van der Waals surface area contributed by atoms with Crippen molar-refractivity contribution in [2.45, 2.75) is 58.5 Å². The van der Waals surface area contributed by atoms with E-state index in [2.05, 4.69) is 44.0 Å². The van der Waals surface area contributed by atoms with Crippen LogP contribution in [0.3, 0.4) is 0 Å². The summed E-state index contributed by atoms with van der Waals surface area (Å²) in [5, 5.41) is 2.90. The SMILES string of the molecule is CCN(CC1CC1)C1C(=O)c2ccc(CNC(=O)COCCOC)cc2C(C)(C)[C@H]1C. The minimum absolute atomic E-state index is 0.0187. The number of ether oxygens (including phenoxy) is 2. The minimum atomic E-state index is -0.156. The van der Waals surface area contributed by atoms with Crippen LogP contribution in [-0.4, -0.2) is 62.7 Å². The van der Waals surface area contributed by atoms with E-state index in [0.717, 1.165) is 35.7 Å². The van der Waals surface area contributed by atoms with E-state index in [1.54, 1.807) is 7.11 Å². The maximum atomic E-state index is 13.5. The van der Waals surface area contributed by atoms with Crippen LogP contribution < -0.4 is 5.32 Å². The number of nitrogens with zero attached hydrogens (tertiary/aromatic N) is 1. The lowest BCUT2D eigenvalue weighted by atomic mass is 9.63. The zero-order valence-corrected chi connectivity index (χ0v) is 19.7. The summed E-state index contributed by atoms with van der Waals surface area (Å²) in [5.41, 5.74) is 2.79. The first-order chi connectivity index (χ1) is 14.8. The van der Waals surface area contributed by atoms with Crippen LogP contribution >= 0.6 is 0 Å². The highest BCUT2D eigenvalue weighted by atomic mass is 16.5. The van der Waals surface area contributed by atoms with Gasteiger partial charge in [-0.05, 0) is 47.8 Å². The third-order valence-corrected chi connectivity index (χ3v) is 7.07. The van der Waals surface area contributed by atoms with E-state index in [1.165, 1.54) is 12.8 Å². The molecular formula is C25H38N2O4. The third kappa shape index (κ3) is 5.54. The molecule has 3 rings (SSSR count). The number of methoxy groups -OCH3 is 1. The van der Waals surface area contributed by atoms with Crippen molar-refractivity contribution in [1.29, 1.82) is 0 Å². The molecule has 172 valence electrons. The molecule has 0 heterocycles. The highest BCUT2D eigenvalue weighted by Gasteiger charge is 2.47. The Balaban J connectivity index is 1.72. The fraction of sp³-hybridized carbons (Fsp3) is 0.680. The Morgan fingerprint density at radius 2 is 2.00 bits per heavy atom. The van der Waals surface area contributed by atoms with E-state index >= 15 is 0 Å². The lowest BCUT2D eigenvalue weighted by Crippen LogP contribution is -2.55. The Morgan fingerprint density at radius 1 is 1.26 bits per heavy atom. The predicted molar refractivity (Wildman–Crippen MR) is 121 cm³/mol.